The quantitative estimate of drug-likeness (QED) is 0.624. The summed E-state index contributed by atoms with van der Waals surface area (Å²) >= 11 is 0. The Morgan fingerprint density at radius 3 is 2.53 bits per heavy atom. The predicted molar refractivity (Wildman–Crippen MR) is 117 cm³/mol. The number of alkyl halides is 3. The minimum absolute atomic E-state index is 0.00954. The molecule has 0 heterocycles. The monoisotopic (exact) mass is 447 g/mol. The first-order valence-corrected chi connectivity index (χ1v) is 10.8. The second-order valence-corrected chi connectivity index (χ2v) is 7.92. The molecule has 2 amide bonds. The molecule has 1 atom stereocenters. The number of anilines is 1. The first-order chi connectivity index (χ1) is 15.3. The number of hydrogen-bond acceptors (Lipinski definition) is 3. The molecule has 0 radical (unpaired) electrons. The first-order valence-electron chi connectivity index (χ1n) is 10.8. The number of nitrogens with one attached hydrogen (secondary N) is 2. The van der Waals surface area contributed by atoms with Crippen molar-refractivity contribution in [2.45, 2.75) is 44.8 Å². The Kier molecular flexibility index (Phi) is 7.90. The maximum absolute atomic E-state index is 13.1. The Hall–Kier alpha value is -2.87. The number of nitrogens with zero attached hydrogens (tertiary/aromatic N) is 1. The van der Waals surface area contributed by atoms with Gasteiger partial charge in [-0.3, -0.25) is 14.5 Å². The van der Waals surface area contributed by atoms with Gasteiger partial charge in [-0.2, -0.15) is 13.2 Å². The molecule has 2 aromatic carbocycles. The number of fused-ring (bicyclic) bond motifs is 1. The molecule has 2 N–H and O–H groups in total. The number of hydrogen-bond donors (Lipinski definition) is 2. The number of halogens is 3. The summed E-state index contributed by atoms with van der Waals surface area (Å²) in [5.74, 6) is -0.654. The second kappa shape index (κ2) is 10.6. The molecule has 0 aromatic heterocycles. The van der Waals surface area contributed by atoms with Gasteiger partial charge in [0.2, 0.25) is 11.8 Å². The molecule has 5 nitrogen and oxygen atoms in total. The lowest BCUT2D eigenvalue weighted by molar-refractivity contribution is -0.137. The van der Waals surface area contributed by atoms with Crippen molar-refractivity contribution in [3.8, 4) is 0 Å². The molecule has 3 rings (SSSR count). The van der Waals surface area contributed by atoms with E-state index in [0.29, 0.717) is 13.1 Å². The van der Waals surface area contributed by atoms with Crippen LogP contribution in [0.4, 0.5) is 18.9 Å². The summed E-state index contributed by atoms with van der Waals surface area (Å²) in [7, 11) is 0. The van der Waals surface area contributed by atoms with Crippen LogP contribution in [0.3, 0.4) is 0 Å². The molecule has 2 aromatic rings. The van der Waals surface area contributed by atoms with E-state index in [1.165, 1.54) is 23.8 Å². The lowest BCUT2D eigenvalue weighted by atomic mass is 9.87. The SMILES string of the molecule is CCN(CCC(=O)NC1CCCc2ccccc21)CC(=O)Nc1ccccc1C(F)(F)F. The van der Waals surface area contributed by atoms with Crippen LogP contribution in [0.15, 0.2) is 48.5 Å². The molecule has 0 spiro atoms. The van der Waals surface area contributed by atoms with E-state index in [1.807, 2.05) is 25.1 Å². The minimum atomic E-state index is -4.55. The van der Waals surface area contributed by atoms with Gasteiger partial charge in [0.1, 0.15) is 0 Å². The molecule has 0 saturated heterocycles. The normalized spacial score (nSPS) is 15.8. The van der Waals surface area contributed by atoms with Gasteiger partial charge in [-0.1, -0.05) is 43.3 Å². The van der Waals surface area contributed by atoms with E-state index < -0.39 is 17.6 Å². The van der Waals surface area contributed by atoms with Crippen LogP contribution in [0.25, 0.3) is 0 Å². The summed E-state index contributed by atoms with van der Waals surface area (Å²) in [6, 6.07) is 13.0. The van der Waals surface area contributed by atoms with Crippen LogP contribution >= 0.6 is 0 Å². The van der Waals surface area contributed by atoms with Crippen molar-refractivity contribution in [2.24, 2.45) is 0 Å². The fraction of sp³-hybridized carbons (Fsp3) is 0.417. The Morgan fingerprint density at radius 1 is 1.06 bits per heavy atom. The van der Waals surface area contributed by atoms with Crippen LogP contribution in [0.5, 0.6) is 0 Å². The van der Waals surface area contributed by atoms with E-state index in [9.17, 15) is 22.8 Å². The van der Waals surface area contributed by atoms with Gasteiger partial charge in [0.25, 0.3) is 0 Å². The Labute approximate surface area is 186 Å². The van der Waals surface area contributed by atoms with Crippen molar-refractivity contribution < 1.29 is 22.8 Å². The summed E-state index contributed by atoms with van der Waals surface area (Å²) in [5, 5.41) is 5.43. The van der Waals surface area contributed by atoms with Crippen LogP contribution in [-0.4, -0.2) is 36.3 Å². The zero-order chi connectivity index (χ0) is 23.1. The smallest absolute Gasteiger partial charge is 0.349 e. The molecule has 8 heteroatoms. The van der Waals surface area contributed by atoms with E-state index in [0.717, 1.165) is 30.9 Å². The van der Waals surface area contributed by atoms with Crippen molar-refractivity contribution in [1.82, 2.24) is 10.2 Å². The maximum atomic E-state index is 13.1. The largest absolute Gasteiger partial charge is 0.418 e. The van der Waals surface area contributed by atoms with Gasteiger partial charge < -0.3 is 10.6 Å². The van der Waals surface area contributed by atoms with Crippen molar-refractivity contribution in [1.29, 1.82) is 0 Å². The van der Waals surface area contributed by atoms with Gasteiger partial charge in [0.15, 0.2) is 0 Å². The number of amides is 2. The third-order valence-corrected chi connectivity index (χ3v) is 5.68. The second-order valence-electron chi connectivity index (χ2n) is 7.92. The van der Waals surface area contributed by atoms with Gasteiger partial charge >= 0.3 is 6.18 Å². The molecule has 1 aliphatic rings. The zero-order valence-electron chi connectivity index (χ0n) is 18.0. The number of benzene rings is 2. The number of aryl methyl sites for hydroxylation is 1. The fourth-order valence-electron chi connectivity index (χ4n) is 4.01. The zero-order valence-corrected chi connectivity index (χ0v) is 18.0. The predicted octanol–water partition coefficient (Wildman–Crippen LogP) is 4.55. The molecule has 1 unspecified atom stereocenters. The lowest BCUT2D eigenvalue weighted by Gasteiger charge is -2.27. The minimum Gasteiger partial charge on any atom is -0.349 e. The van der Waals surface area contributed by atoms with Crippen molar-refractivity contribution >= 4 is 17.5 Å². The molecule has 0 saturated carbocycles. The van der Waals surface area contributed by atoms with Crippen LogP contribution in [-0.2, 0) is 22.2 Å². The summed E-state index contributed by atoms with van der Waals surface area (Å²) in [4.78, 5) is 26.6. The van der Waals surface area contributed by atoms with Crippen LogP contribution in [0.1, 0.15) is 48.9 Å². The number of carbonyl (C=O) groups is 2. The van der Waals surface area contributed by atoms with Gasteiger partial charge in [-0.15, -0.1) is 0 Å². The summed E-state index contributed by atoms with van der Waals surface area (Å²) in [5.41, 5.74) is 1.26. The number of carbonyl (C=O) groups excluding carboxylic acids is 2. The Balaban J connectivity index is 1.51. The number of para-hydroxylation sites is 1. The number of rotatable bonds is 8. The lowest BCUT2D eigenvalue weighted by Crippen LogP contribution is -2.37. The molecular formula is C24H28F3N3O2. The molecule has 172 valence electrons. The van der Waals surface area contributed by atoms with Crippen LogP contribution in [0, 0.1) is 0 Å². The molecule has 0 aliphatic heterocycles. The highest BCUT2D eigenvalue weighted by Crippen LogP contribution is 2.34. The topological polar surface area (TPSA) is 61.4 Å². The van der Waals surface area contributed by atoms with Gasteiger partial charge in [0.05, 0.1) is 23.8 Å². The molecular weight excluding hydrogens is 419 g/mol. The van der Waals surface area contributed by atoms with Crippen molar-refractivity contribution in [2.75, 3.05) is 25.0 Å². The van der Waals surface area contributed by atoms with Gasteiger partial charge in [-0.05, 0) is 49.1 Å². The maximum Gasteiger partial charge on any atom is 0.418 e. The standard InChI is InChI=1S/C24H28F3N3O2/c1-2-30(16-23(32)29-21-12-6-5-11-19(21)24(25,26)27)15-14-22(31)28-20-13-7-9-17-8-3-4-10-18(17)20/h3-6,8,10-12,20H,2,7,9,13-16H2,1H3,(H,28,31)(H,29,32). The average molecular weight is 448 g/mol. The highest BCUT2D eigenvalue weighted by Gasteiger charge is 2.33. The van der Waals surface area contributed by atoms with E-state index in [4.69, 9.17) is 0 Å². The summed E-state index contributed by atoms with van der Waals surface area (Å²) in [6.07, 6.45) is -1.42. The molecule has 1 aliphatic carbocycles. The molecule has 0 bridgehead atoms. The van der Waals surface area contributed by atoms with Gasteiger partial charge in [0, 0.05) is 13.0 Å². The molecule has 32 heavy (non-hydrogen) atoms. The summed E-state index contributed by atoms with van der Waals surface area (Å²) in [6.45, 7) is 2.58. The number of likely N-dealkylation sites (N-methyl/N-ethyl adjacent to an activating group) is 1. The van der Waals surface area contributed by atoms with Crippen LogP contribution in [0.2, 0.25) is 0 Å². The Morgan fingerprint density at radius 2 is 1.78 bits per heavy atom. The highest BCUT2D eigenvalue weighted by molar-refractivity contribution is 5.93. The summed E-state index contributed by atoms with van der Waals surface area (Å²) < 4.78 is 39.3. The van der Waals surface area contributed by atoms with Crippen molar-refractivity contribution in [3.63, 3.8) is 0 Å². The average Bonchev–Trinajstić information content (AvgIpc) is 2.76. The fourth-order valence-corrected chi connectivity index (χ4v) is 4.01. The highest BCUT2D eigenvalue weighted by atomic mass is 19.4. The van der Waals surface area contributed by atoms with Crippen LogP contribution < -0.4 is 10.6 Å². The van der Waals surface area contributed by atoms with E-state index in [-0.39, 0.29) is 30.6 Å². The van der Waals surface area contributed by atoms with E-state index in [2.05, 4.69) is 16.7 Å². The van der Waals surface area contributed by atoms with Crippen molar-refractivity contribution in [3.05, 3.63) is 65.2 Å². The van der Waals surface area contributed by atoms with E-state index >= 15 is 0 Å². The van der Waals surface area contributed by atoms with E-state index in [1.54, 1.807) is 4.90 Å². The Bertz CT molecular complexity index is 946. The first kappa shape index (κ1) is 23.8. The van der Waals surface area contributed by atoms with Gasteiger partial charge in [-0.25, -0.2) is 0 Å². The molecule has 0 fully saturated rings. The third kappa shape index (κ3) is 6.32. The third-order valence-electron chi connectivity index (χ3n) is 5.68.